The Kier molecular flexibility index (Phi) is 6.70. The molecule has 5 heteroatoms. The number of hydrogen-bond donors (Lipinski definition) is 2. The van der Waals surface area contributed by atoms with Gasteiger partial charge in [-0.2, -0.15) is 0 Å². The van der Waals surface area contributed by atoms with Gasteiger partial charge in [0.2, 0.25) is 0 Å². The van der Waals surface area contributed by atoms with Crippen LogP contribution in [0.4, 0.5) is 0 Å². The van der Waals surface area contributed by atoms with Gasteiger partial charge < -0.3 is 15.4 Å². The molecule has 2 N–H and O–H groups in total. The van der Waals surface area contributed by atoms with Gasteiger partial charge in [0.15, 0.2) is 5.96 Å². The van der Waals surface area contributed by atoms with E-state index >= 15 is 0 Å². The van der Waals surface area contributed by atoms with E-state index in [4.69, 9.17) is 4.74 Å². The topological polar surface area (TPSA) is 45.7 Å². The van der Waals surface area contributed by atoms with Crippen molar-refractivity contribution in [2.75, 3.05) is 33.4 Å². The fourth-order valence-electron chi connectivity index (χ4n) is 2.19. The Hall–Kier alpha value is -1.07. The minimum atomic E-state index is 0.110. The van der Waals surface area contributed by atoms with Gasteiger partial charge in [0, 0.05) is 43.6 Å². The lowest BCUT2D eigenvalue weighted by molar-refractivity contribution is 0.123. The molecule has 1 aromatic heterocycles. The van der Waals surface area contributed by atoms with Crippen LogP contribution in [0.1, 0.15) is 38.0 Å². The summed E-state index contributed by atoms with van der Waals surface area (Å²) in [5.41, 5.74) is 0.110. The summed E-state index contributed by atoms with van der Waals surface area (Å²) in [6.07, 6.45) is 3.73. The number of ether oxygens (including phenoxy) is 1. The Morgan fingerprint density at radius 1 is 1.41 bits per heavy atom. The first-order valence-electron chi connectivity index (χ1n) is 8.18. The van der Waals surface area contributed by atoms with E-state index in [1.54, 1.807) is 11.3 Å². The van der Waals surface area contributed by atoms with Crippen molar-refractivity contribution in [3.05, 3.63) is 22.4 Å². The molecule has 2 rings (SSSR count). The SMILES string of the molecule is CN=C(NCCCOCC1CC1)NCC(C)(C)c1cccs1. The molecule has 22 heavy (non-hydrogen) atoms. The van der Waals surface area contributed by atoms with Gasteiger partial charge in [0.05, 0.1) is 0 Å². The molecule has 1 aliphatic rings. The second-order valence-electron chi connectivity index (χ2n) is 6.59. The normalized spacial score (nSPS) is 15.9. The zero-order valence-corrected chi connectivity index (χ0v) is 14.8. The van der Waals surface area contributed by atoms with Crippen molar-refractivity contribution in [2.24, 2.45) is 10.9 Å². The molecule has 124 valence electrons. The fourth-order valence-corrected chi connectivity index (χ4v) is 3.04. The summed E-state index contributed by atoms with van der Waals surface area (Å²) in [5, 5.41) is 8.91. The molecule has 0 spiro atoms. The molecule has 0 atom stereocenters. The summed E-state index contributed by atoms with van der Waals surface area (Å²) in [4.78, 5) is 5.68. The second kappa shape index (κ2) is 8.53. The molecular weight excluding hydrogens is 294 g/mol. The van der Waals surface area contributed by atoms with E-state index in [0.29, 0.717) is 0 Å². The van der Waals surface area contributed by atoms with Crippen molar-refractivity contribution in [3.63, 3.8) is 0 Å². The number of hydrogen-bond acceptors (Lipinski definition) is 3. The molecule has 0 amide bonds. The van der Waals surface area contributed by atoms with Gasteiger partial charge in [-0.3, -0.25) is 4.99 Å². The Balaban J connectivity index is 1.60. The fraction of sp³-hybridized carbons (Fsp3) is 0.706. The summed E-state index contributed by atoms with van der Waals surface area (Å²) in [6.45, 7) is 8.05. The van der Waals surface area contributed by atoms with Gasteiger partial charge in [-0.1, -0.05) is 19.9 Å². The van der Waals surface area contributed by atoms with Crippen LogP contribution in [0.3, 0.4) is 0 Å². The van der Waals surface area contributed by atoms with E-state index in [-0.39, 0.29) is 5.41 Å². The van der Waals surface area contributed by atoms with Crippen LogP contribution in [0, 0.1) is 5.92 Å². The molecule has 0 unspecified atom stereocenters. The van der Waals surface area contributed by atoms with E-state index in [9.17, 15) is 0 Å². The largest absolute Gasteiger partial charge is 0.381 e. The standard InChI is InChI=1S/C17H29N3OS/c1-17(2,15-6-4-11-22-15)13-20-16(18-3)19-9-5-10-21-12-14-7-8-14/h4,6,11,14H,5,7-10,12-13H2,1-3H3,(H2,18,19,20). The molecule has 0 aliphatic heterocycles. The molecule has 0 saturated heterocycles. The Labute approximate surface area is 138 Å². The van der Waals surface area contributed by atoms with E-state index in [1.165, 1.54) is 17.7 Å². The Morgan fingerprint density at radius 2 is 2.23 bits per heavy atom. The quantitative estimate of drug-likeness (QED) is 0.417. The van der Waals surface area contributed by atoms with Crippen LogP contribution in [-0.2, 0) is 10.2 Å². The third-order valence-corrected chi connectivity index (χ3v) is 5.15. The van der Waals surface area contributed by atoms with E-state index in [1.807, 2.05) is 7.05 Å². The lowest BCUT2D eigenvalue weighted by Gasteiger charge is -2.25. The molecular formula is C17H29N3OS. The second-order valence-corrected chi connectivity index (χ2v) is 7.53. The Bertz CT molecular complexity index is 452. The van der Waals surface area contributed by atoms with Gasteiger partial charge >= 0.3 is 0 Å². The molecule has 1 fully saturated rings. The van der Waals surface area contributed by atoms with Gasteiger partial charge in [-0.25, -0.2) is 0 Å². The maximum Gasteiger partial charge on any atom is 0.191 e. The molecule has 0 bridgehead atoms. The zero-order valence-electron chi connectivity index (χ0n) is 14.0. The molecule has 1 aromatic rings. The molecule has 1 saturated carbocycles. The average Bonchev–Trinajstić information content (AvgIpc) is 3.15. The number of nitrogens with zero attached hydrogens (tertiary/aromatic N) is 1. The first kappa shape index (κ1) is 17.3. The smallest absolute Gasteiger partial charge is 0.191 e. The van der Waals surface area contributed by atoms with Crippen molar-refractivity contribution in [1.29, 1.82) is 0 Å². The monoisotopic (exact) mass is 323 g/mol. The van der Waals surface area contributed by atoms with Crippen LogP contribution in [0.5, 0.6) is 0 Å². The molecule has 0 radical (unpaired) electrons. The maximum absolute atomic E-state index is 5.64. The maximum atomic E-state index is 5.64. The summed E-state index contributed by atoms with van der Waals surface area (Å²) in [7, 11) is 1.82. The van der Waals surface area contributed by atoms with Crippen molar-refractivity contribution in [3.8, 4) is 0 Å². The lowest BCUT2D eigenvalue weighted by Crippen LogP contribution is -2.43. The number of nitrogens with one attached hydrogen (secondary N) is 2. The predicted octanol–water partition coefficient (Wildman–Crippen LogP) is 3.01. The third-order valence-electron chi connectivity index (χ3n) is 3.92. The van der Waals surface area contributed by atoms with Gasteiger partial charge in [-0.05, 0) is 36.6 Å². The van der Waals surface area contributed by atoms with Crippen molar-refractivity contribution < 1.29 is 4.74 Å². The van der Waals surface area contributed by atoms with Gasteiger partial charge in [0.1, 0.15) is 0 Å². The van der Waals surface area contributed by atoms with Crippen LogP contribution in [0.15, 0.2) is 22.5 Å². The van der Waals surface area contributed by atoms with Crippen LogP contribution in [0.25, 0.3) is 0 Å². The van der Waals surface area contributed by atoms with E-state index in [2.05, 4.69) is 47.0 Å². The van der Waals surface area contributed by atoms with Crippen molar-refractivity contribution in [2.45, 2.75) is 38.5 Å². The highest BCUT2D eigenvalue weighted by atomic mass is 32.1. The van der Waals surface area contributed by atoms with E-state index < -0.39 is 0 Å². The lowest BCUT2D eigenvalue weighted by atomic mass is 9.91. The third kappa shape index (κ3) is 5.97. The molecule has 1 heterocycles. The number of guanidine groups is 1. The van der Waals surface area contributed by atoms with Gasteiger partial charge in [0.25, 0.3) is 0 Å². The first-order valence-corrected chi connectivity index (χ1v) is 9.06. The first-order chi connectivity index (χ1) is 10.6. The predicted molar refractivity (Wildman–Crippen MR) is 94.9 cm³/mol. The minimum absolute atomic E-state index is 0.110. The highest BCUT2D eigenvalue weighted by Crippen LogP contribution is 2.28. The summed E-state index contributed by atoms with van der Waals surface area (Å²) in [6, 6.07) is 4.30. The minimum Gasteiger partial charge on any atom is -0.381 e. The summed E-state index contributed by atoms with van der Waals surface area (Å²) < 4.78 is 5.64. The molecule has 0 aromatic carbocycles. The highest BCUT2D eigenvalue weighted by Gasteiger charge is 2.22. The summed E-state index contributed by atoms with van der Waals surface area (Å²) in [5.74, 6) is 1.72. The number of aliphatic imine (C=N–C) groups is 1. The average molecular weight is 324 g/mol. The van der Waals surface area contributed by atoms with Crippen molar-refractivity contribution >= 4 is 17.3 Å². The van der Waals surface area contributed by atoms with E-state index in [0.717, 1.165) is 44.6 Å². The number of thiophene rings is 1. The molecule has 4 nitrogen and oxygen atoms in total. The zero-order chi connectivity index (χ0) is 15.8. The van der Waals surface area contributed by atoms with Gasteiger partial charge in [-0.15, -0.1) is 11.3 Å². The number of rotatable bonds is 9. The highest BCUT2D eigenvalue weighted by molar-refractivity contribution is 7.10. The molecule has 1 aliphatic carbocycles. The van der Waals surface area contributed by atoms with Crippen LogP contribution >= 0.6 is 11.3 Å². The van der Waals surface area contributed by atoms with Crippen LogP contribution in [0.2, 0.25) is 0 Å². The van der Waals surface area contributed by atoms with Crippen LogP contribution < -0.4 is 10.6 Å². The van der Waals surface area contributed by atoms with Crippen molar-refractivity contribution in [1.82, 2.24) is 10.6 Å². The Morgan fingerprint density at radius 3 is 2.86 bits per heavy atom. The summed E-state index contributed by atoms with van der Waals surface area (Å²) >= 11 is 1.81. The van der Waals surface area contributed by atoms with Crippen LogP contribution in [-0.4, -0.2) is 39.3 Å².